The van der Waals surface area contributed by atoms with Gasteiger partial charge in [-0.1, -0.05) is 55.5 Å². The molecule has 1 atom stereocenters. The van der Waals surface area contributed by atoms with Crippen molar-refractivity contribution >= 4 is 17.4 Å². The average Bonchev–Trinajstić information content (AvgIpc) is 2.73. The largest absolute Gasteiger partial charge is 0.366 e. The molecular formula is C22H24N4O. The molecule has 1 unspecified atom stereocenters. The van der Waals surface area contributed by atoms with Crippen LogP contribution in [0.2, 0.25) is 0 Å². The number of carbonyl (C=O) groups is 1. The number of amides is 1. The quantitative estimate of drug-likeness (QED) is 0.672. The van der Waals surface area contributed by atoms with Crippen LogP contribution in [0.25, 0.3) is 0 Å². The number of nitrogens with zero attached hydrogens (tertiary/aromatic N) is 3. The molecule has 5 heteroatoms. The van der Waals surface area contributed by atoms with Gasteiger partial charge in [-0.2, -0.15) is 0 Å². The number of nitrogens with one attached hydrogen (secondary N) is 1. The lowest BCUT2D eigenvalue weighted by atomic mass is 10.2. The molecule has 0 aliphatic heterocycles. The number of anilines is 2. The summed E-state index contributed by atoms with van der Waals surface area (Å²) in [6, 6.07) is 19.9. The van der Waals surface area contributed by atoms with Crippen molar-refractivity contribution in [3.63, 3.8) is 0 Å². The van der Waals surface area contributed by atoms with E-state index in [1.165, 1.54) is 6.20 Å². The molecule has 0 saturated heterocycles. The first-order chi connectivity index (χ1) is 13.2. The second-order valence-electron chi connectivity index (χ2n) is 6.45. The molecule has 0 aliphatic rings. The van der Waals surface area contributed by atoms with E-state index in [9.17, 15) is 4.79 Å². The van der Waals surface area contributed by atoms with Crippen LogP contribution in [0.3, 0.4) is 0 Å². The molecule has 0 saturated carbocycles. The minimum absolute atomic E-state index is 0.173. The zero-order chi connectivity index (χ0) is 19.1. The standard InChI is InChI=1S/C22H24N4O/c1-3-17(2)25-21-15-23-20(14-24-21)22(27)26(19-12-8-5-9-13-19)16-18-10-6-4-7-11-18/h4-15,17H,3,16H2,1-2H3,(H,24,25). The Morgan fingerprint density at radius 2 is 1.67 bits per heavy atom. The topological polar surface area (TPSA) is 58.1 Å². The highest BCUT2D eigenvalue weighted by atomic mass is 16.2. The van der Waals surface area contributed by atoms with Crippen LogP contribution in [0.1, 0.15) is 36.3 Å². The van der Waals surface area contributed by atoms with Crippen LogP contribution in [0, 0.1) is 0 Å². The summed E-state index contributed by atoms with van der Waals surface area (Å²) in [7, 11) is 0. The summed E-state index contributed by atoms with van der Waals surface area (Å²) in [6.07, 6.45) is 4.14. The van der Waals surface area contributed by atoms with Crippen LogP contribution < -0.4 is 10.2 Å². The molecule has 0 radical (unpaired) electrons. The van der Waals surface area contributed by atoms with E-state index >= 15 is 0 Å². The fourth-order valence-electron chi connectivity index (χ4n) is 2.66. The smallest absolute Gasteiger partial charge is 0.278 e. The molecule has 1 N–H and O–H groups in total. The third-order valence-corrected chi connectivity index (χ3v) is 4.37. The summed E-state index contributed by atoms with van der Waals surface area (Å²) in [5.41, 5.74) is 2.21. The van der Waals surface area contributed by atoms with Gasteiger partial charge in [-0.15, -0.1) is 0 Å². The summed E-state index contributed by atoms with van der Waals surface area (Å²) in [6.45, 7) is 4.65. The molecule has 138 valence electrons. The minimum Gasteiger partial charge on any atom is -0.366 e. The average molecular weight is 360 g/mol. The van der Waals surface area contributed by atoms with Gasteiger partial charge in [-0.05, 0) is 31.0 Å². The number of aromatic nitrogens is 2. The van der Waals surface area contributed by atoms with Crippen molar-refractivity contribution in [2.24, 2.45) is 0 Å². The molecule has 27 heavy (non-hydrogen) atoms. The van der Waals surface area contributed by atoms with Gasteiger partial charge >= 0.3 is 0 Å². The summed E-state index contributed by atoms with van der Waals surface area (Å²) < 4.78 is 0. The van der Waals surface area contributed by atoms with Gasteiger partial charge in [0, 0.05) is 11.7 Å². The number of para-hydroxylation sites is 1. The van der Waals surface area contributed by atoms with Crippen LogP contribution >= 0.6 is 0 Å². The van der Waals surface area contributed by atoms with E-state index in [1.54, 1.807) is 11.1 Å². The summed E-state index contributed by atoms with van der Waals surface area (Å²) >= 11 is 0. The fraction of sp³-hybridized carbons (Fsp3) is 0.227. The summed E-state index contributed by atoms with van der Waals surface area (Å²) in [5.74, 6) is 0.503. The number of hydrogen-bond donors (Lipinski definition) is 1. The van der Waals surface area contributed by atoms with Gasteiger partial charge in [0.1, 0.15) is 11.5 Å². The van der Waals surface area contributed by atoms with Gasteiger partial charge in [-0.3, -0.25) is 4.79 Å². The van der Waals surface area contributed by atoms with E-state index in [2.05, 4.69) is 29.1 Å². The molecule has 0 aliphatic carbocycles. The van der Waals surface area contributed by atoms with Crippen molar-refractivity contribution in [3.8, 4) is 0 Å². The first-order valence-electron chi connectivity index (χ1n) is 9.16. The molecule has 1 heterocycles. The lowest BCUT2D eigenvalue weighted by Gasteiger charge is -2.22. The third kappa shape index (κ3) is 4.91. The SMILES string of the molecule is CCC(C)Nc1cnc(C(=O)N(Cc2ccccc2)c2ccccc2)cn1. The Bertz CT molecular complexity index is 851. The number of benzene rings is 2. The first kappa shape index (κ1) is 18.6. The highest BCUT2D eigenvalue weighted by molar-refractivity contribution is 6.04. The van der Waals surface area contributed by atoms with Gasteiger partial charge in [-0.25, -0.2) is 9.97 Å². The van der Waals surface area contributed by atoms with Gasteiger partial charge in [0.25, 0.3) is 5.91 Å². The monoisotopic (exact) mass is 360 g/mol. The zero-order valence-electron chi connectivity index (χ0n) is 15.7. The Labute approximate surface area is 160 Å². The predicted molar refractivity (Wildman–Crippen MR) is 109 cm³/mol. The van der Waals surface area contributed by atoms with Crippen molar-refractivity contribution in [2.75, 3.05) is 10.2 Å². The molecule has 3 aromatic rings. The Kier molecular flexibility index (Phi) is 6.15. The molecule has 0 spiro atoms. The van der Waals surface area contributed by atoms with Gasteiger partial charge in [0.05, 0.1) is 18.9 Å². The van der Waals surface area contributed by atoms with E-state index in [4.69, 9.17) is 0 Å². The lowest BCUT2D eigenvalue weighted by molar-refractivity contribution is 0.0980. The molecule has 0 fully saturated rings. The van der Waals surface area contributed by atoms with Crippen LogP contribution in [0.5, 0.6) is 0 Å². The van der Waals surface area contributed by atoms with E-state index in [0.717, 1.165) is 17.7 Å². The second kappa shape index (κ2) is 8.94. The number of hydrogen-bond acceptors (Lipinski definition) is 4. The van der Waals surface area contributed by atoms with Crippen molar-refractivity contribution in [1.82, 2.24) is 9.97 Å². The normalized spacial score (nSPS) is 11.6. The molecule has 1 aromatic heterocycles. The molecule has 3 rings (SSSR count). The van der Waals surface area contributed by atoms with E-state index in [0.29, 0.717) is 24.1 Å². The highest BCUT2D eigenvalue weighted by Gasteiger charge is 2.20. The van der Waals surface area contributed by atoms with Gasteiger partial charge < -0.3 is 10.2 Å². The van der Waals surface area contributed by atoms with Gasteiger partial charge in [0.15, 0.2) is 0 Å². The maximum atomic E-state index is 13.1. The molecule has 1 amide bonds. The van der Waals surface area contributed by atoms with Gasteiger partial charge in [0.2, 0.25) is 0 Å². The Hall–Kier alpha value is -3.21. The Balaban J connectivity index is 1.84. The third-order valence-electron chi connectivity index (χ3n) is 4.37. The minimum atomic E-state index is -0.173. The van der Waals surface area contributed by atoms with Crippen molar-refractivity contribution < 1.29 is 4.79 Å². The maximum Gasteiger partial charge on any atom is 0.278 e. The van der Waals surface area contributed by atoms with Crippen molar-refractivity contribution in [3.05, 3.63) is 84.3 Å². The van der Waals surface area contributed by atoms with Crippen molar-refractivity contribution in [1.29, 1.82) is 0 Å². The number of carbonyl (C=O) groups excluding carboxylic acids is 1. The highest BCUT2D eigenvalue weighted by Crippen LogP contribution is 2.19. The zero-order valence-corrected chi connectivity index (χ0v) is 15.7. The first-order valence-corrected chi connectivity index (χ1v) is 9.16. The summed E-state index contributed by atoms with van der Waals surface area (Å²) in [4.78, 5) is 23.6. The Morgan fingerprint density at radius 1 is 1.00 bits per heavy atom. The van der Waals surface area contributed by atoms with Crippen LogP contribution in [0.4, 0.5) is 11.5 Å². The van der Waals surface area contributed by atoms with Crippen LogP contribution in [-0.4, -0.2) is 21.9 Å². The fourth-order valence-corrected chi connectivity index (χ4v) is 2.66. The predicted octanol–water partition coefficient (Wildman–Crippen LogP) is 4.53. The second-order valence-corrected chi connectivity index (χ2v) is 6.45. The lowest BCUT2D eigenvalue weighted by Crippen LogP contribution is -2.31. The van der Waals surface area contributed by atoms with Crippen LogP contribution in [0.15, 0.2) is 73.1 Å². The molecular weight excluding hydrogens is 336 g/mol. The molecule has 2 aromatic carbocycles. The molecule has 0 bridgehead atoms. The Morgan fingerprint density at radius 3 is 2.26 bits per heavy atom. The van der Waals surface area contributed by atoms with E-state index in [-0.39, 0.29) is 5.91 Å². The summed E-state index contributed by atoms with van der Waals surface area (Å²) in [5, 5.41) is 3.26. The molecule has 5 nitrogen and oxygen atoms in total. The van der Waals surface area contributed by atoms with Crippen LogP contribution in [-0.2, 0) is 6.54 Å². The van der Waals surface area contributed by atoms with Crippen molar-refractivity contribution in [2.45, 2.75) is 32.9 Å². The maximum absolute atomic E-state index is 13.1. The number of rotatable bonds is 7. The van der Waals surface area contributed by atoms with E-state index in [1.807, 2.05) is 60.7 Å². The van der Waals surface area contributed by atoms with E-state index < -0.39 is 0 Å².